The third kappa shape index (κ3) is 10.0. The van der Waals surface area contributed by atoms with Crippen molar-refractivity contribution in [2.45, 2.75) is 70.3 Å². The lowest BCUT2D eigenvalue weighted by Gasteiger charge is -2.27. The first-order valence-electron chi connectivity index (χ1n) is 11.8. The maximum absolute atomic E-state index is 13.0. The van der Waals surface area contributed by atoms with Gasteiger partial charge in [0.15, 0.2) is 0 Å². The maximum Gasteiger partial charge on any atom is 0.326 e. The molecule has 0 saturated carbocycles. The molecular weight excluding hydrogens is 488 g/mol. The van der Waals surface area contributed by atoms with E-state index >= 15 is 0 Å². The first kappa shape index (κ1) is 31.2. The average Bonchev–Trinajstić information content (AvgIpc) is 2.83. The standard InChI is InChI=1S/C24H38N4O7S/c1-5-13(2)19(24(34)35)27-22(32)18(10-11-36-4)26-23(33)20(14(3)29)28-21(31)17(25)12-15-6-8-16(30)9-7-15/h6-9,13-14,17-20,29-30H,5,10-12,25H2,1-4H3,(H,26,33)(H,27,32)(H,28,31)(H,34,35). The summed E-state index contributed by atoms with van der Waals surface area (Å²) in [5.74, 6) is -3.08. The van der Waals surface area contributed by atoms with E-state index in [2.05, 4.69) is 16.0 Å². The van der Waals surface area contributed by atoms with Crippen molar-refractivity contribution in [2.75, 3.05) is 12.0 Å². The van der Waals surface area contributed by atoms with Crippen LogP contribution >= 0.6 is 11.8 Å². The predicted molar refractivity (Wildman–Crippen MR) is 137 cm³/mol. The van der Waals surface area contributed by atoms with Crippen molar-refractivity contribution in [3.05, 3.63) is 29.8 Å². The molecule has 0 aliphatic heterocycles. The monoisotopic (exact) mass is 526 g/mol. The number of nitrogens with one attached hydrogen (secondary N) is 3. The summed E-state index contributed by atoms with van der Waals surface area (Å²) in [6, 6.07) is 1.52. The van der Waals surface area contributed by atoms with E-state index in [1.54, 1.807) is 19.1 Å². The summed E-state index contributed by atoms with van der Waals surface area (Å²) in [6.45, 7) is 4.83. The topological polar surface area (TPSA) is 191 Å². The number of aliphatic carboxylic acids is 1. The van der Waals surface area contributed by atoms with Crippen LogP contribution in [0.2, 0.25) is 0 Å². The van der Waals surface area contributed by atoms with E-state index in [4.69, 9.17) is 5.73 Å². The van der Waals surface area contributed by atoms with Crippen LogP contribution in [-0.4, -0.2) is 81.3 Å². The normalized spacial score (nSPS) is 16.1. The Balaban J connectivity index is 2.92. The van der Waals surface area contributed by atoms with Crippen LogP contribution in [0.5, 0.6) is 5.75 Å². The molecule has 0 saturated heterocycles. The molecule has 36 heavy (non-hydrogen) atoms. The molecule has 6 unspecified atom stereocenters. The maximum atomic E-state index is 13.0. The SMILES string of the molecule is CCC(C)C(NC(=O)C(CCSC)NC(=O)C(NC(=O)C(N)Cc1ccc(O)cc1)C(C)O)C(=O)O. The van der Waals surface area contributed by atoms with Gasteiger partial charge in [0, 0.05) is 0 Å². The van der Waals surface area contributed by atoms with Crippen LogP contribution in [0.25, 0.3) is 0 Å². The second-order valence-electron chi connectivity index (χ2n) is 8.76. The number of carbonyl (C=O) groups excluding carboxylic acids is 3. The van der Waals surface area contributed by atoms with Crippen LogP contribution in [0.1, 0.15) is 39.2 Å². The molecular formula is C24H38N4O7S. The number of carbonyl (C=O) groups is 4. The van der Waals surface area contributed by atoms with E-state index in [1.807, 2.05) is 13.2 Å². The lowest BCUT2D eigenvalue weighted by molar-refractivity contribution is -0.144. The number of phenols is 1. The minimum Gasteiger partial charge on any atom is -0.508 e. The summed E-state index contributed by atoms with van der Waals surface area (Å²) in [7, 11) is 0. The molecule has 12 heteroatoms. The van der Waals surface area contributed by atoms with Gasteiger partial charge in [-0.25, -0.2) is 4.79 Å². The van der Waals surface area contributed by atoms with Crippen LogP contribution in [0.4, 0.5) is 0 Å². The van der Waals surface area contributed by atoms with Gasteiger partial charge in [-0.1, -0.05) is 32.4 Å². The molecule has 1 aromatic carbocycles. The molecule has 0 aliphatic carbocycles. The number of aliphatic hydroxyl groups excluding tert-OH is 1. The van der Waals surface area contributed by atoms with Crippen LogP contribution in [0.3, 0.4) is 0 Å². The largest absolute Gasteiger partial charge is 0.508 e. The Morgan fingerprint density at radius 1 is 0.972 bits per heavy atom. The quantitative estimate of drug-likeness (QED) is 0.165. The fraction of sp³-hybridized carbons (Fsp3) is 0.583. The summed E-state index contributed by atoms with van der Waals surface area (Å²) in [5.41, 5.74) is 6.66. The Hall–Kier alpha value is -2.83. The predicted octanol–water partition coefficient (Wildman–Crippen LogP) is -0.0190. The van der Waals surface area contributed by atoms with Crippen LogP contribution in [-0.2, 0) is 25.6 Å². The van der Waals surface area contributed by atoms with Gasteiger partial charge in [-0.3, -0.25) is 14.4 Å². The van der Waals surface area contributed by atoms with Crippen LogP contribution in [0.15, 0.2) is 24.3 Å². The molecule has 1 aromatic rings. The van der Waals surface area contributed by atoms with Gasteiger partial charge < -0.3 is 37.0 Å². The lowest BCUT2D eigenvalue weighted by atomic mass is 9.98. The van der Waals surface area contributed by atoms with Crippen molar-refractivity contribution in [3.8, 4) is 5.75 Å². The third-order valence-corrected chi connectivity index (χ3v) is 6.46. The third-order valence-electron chi connectivity index (χ3n) is 5.81. The van der Waals surface area contributed by atoms with E-state index in [-0.39, 0.29) is 24.5 Å². The summed E-state index contributed by atoms with van der Waals surface area (Å²) < 4.78 is 0. The highest BCUT2D eigenvalue weighted by Gasteiger charge is 2.33. The second-order valence-corrected chi connectivity index (χ2v) is 9.74. The fourth-order valence-electron chi connectivity index (χ4n) is 3.35. The number of hydrogen-bond donors (Lipinski definition) is 7. The summed E-state index contributed by atoms with van der Waals surface area (Å²) in [4.78, 5) is 50.1. The van der Waals surface area contributed by atoms with Crippen LogP contribution < -0.4 is 21.7 Å². The van der Waals surface area contributed by atoms with E-state index in [1.165, 1.54) is 30.8 Å². The number of rotatable bonds is 15. The molecule has 11 nitrogen and oxygen atoms in total. The van der Waals surface area contributed by atoms with Crippen molar-refractivity contribution in [2.24, 2.45) is 11.7 Å². The molecule has 0 aliphatic rings. The molecule has 1 rings (SSSR count). The minimum atomic E-state index is -1.39. The van der Waals surface area contributed by atoms with E-state index in [9.17, 15) is 34.5 Å². The molecule has 0 spiro atoms. The number of hydrogen-bond acceptors (Lipinski definition) is 8. The highest BCUT2D eigenvalue weighted by Crippen LogP contribution is 2.12. The molecule has 0 fully saturated rings. The van der Waals surface area contributed by atoms with Crippen molar-refractivity contribution >= 4 is 35.5 Å². The highest BCUT2D eigenvalue weighted by atomic mass is 32.2. The van der Waals surface area contributed by atoms with Gasteiger partial charge in [0.1, 0.15) is 23.9 Å². The van der Waals surface area contributed by atoms with Crippen molar-refractivity contribution in [1.29, 1.82) is 0 Å². The van der Waals surface area contributed by atoms with Gasteiger partial charge in [0.05, 0.1) is 12.1 Å². The molecule has 3 amide bonds. The number of aromatic hydroxyl groups is 1. The molecule has 0 heterocycles. The number of thioether (sulfide) groups is 1. The first-order valence-corrected chi connectivity index (χ1v) is 13.1. The van der Waals surface area contributed by atoms with E-state index < -0.39 is 54.0 Å². The number of nitrogens with two attached hydrogens (primary N) is 1. The Morgan fingerprint density at radius 2 is 1.56 bits per heavy atom. The van der Waals surface area contributed by atoms with Gasteiger partial charge in [-0.15, -0.1) is 0 Å². The molecule has 8 N–H and O–H groups in total. The van der Waals surface area contributed by atoms with E-state index in [0.29, 0.717) is 17.7 Å². The Kier molecular flexibility index (Phi) is 13.3. The lowest BCUT2D eigenvalue weighted by Crippen LogP contribution is -2.60. The van der Waals surface area contributed by atoms with Gasteiger partial charge in [0.25, 0.3) is 0 Å². The molecule has 0 bridgehead atoms. The molecule has 0 radical (unpaired) electrons. The fourth-order valence-corrected chi connectivity index (χ4v) is 3.82. The number of carboxylic acids is 1. The van der Waals surface area contributed by atoms with Gasteiger partial charge in [-0.2, -0.15) is 11.8 Å². The molecule has 0 aromatic heterocycles. The smallest absolute Gasteiger partial charge is 0.326 e. The highest BCUT2D eigenvalue weighted by molar-refractivity contribution is 7.98. The Morgan fingerprint density at radius 3 is 2.06 bits per heavy atom. The first-order chi connectivity index (χ1) is 16.9. The Labute approximate surface area is 215 Å². The van der Waals surface area contributed by atoms with Gasteiger partial charge in [-0.05, 0) is 55.4 Å². The second kappa shape index (κ2) is 15.3. The van der Waals surface area contributed by atoms with Gasteiger partial charge in [0.2, 0.25) is 17.7 Å². The van der Waals surface area contributed by atoms with E-state index in [0.717, 1.165) is 0 Å². The number of aliphatic hydroxyl groups is 1. The average molecular weight is 527 g/mol. The number of carboxylic acid groups (broad SMARTS) is 1. The van der Waals surface area contributed by atoms with Crippen LogP contribution in [0, 0.1) is 5.92 Å². The van der Waals surface area contributed by atoms with Crippen molar-refractivity contribution in [3.63, 3.8) is 0 Å². The minimum absolute atomic E-state index is 0.0708. The van der Waals surface area contributed by atoms with Crippen molar-refractivity contribution in [1.82, 2.24) is 16.0 Å². The zero-order valence-corrected chi connectivity index (χ0v) is 21.9. The zero-order valence-electron chi connectivity index (χ0n) is 21.1. The zero-order chi connectivity index (χ0) is 27.4. The Bertz CT molecular complexity index is 882. The number of phenolic OH excluding ortho intramolecular Hbond substituents is 1. The summed E-state index contributed by atoms with van der Waals surface area (Å²) in [5, 5.41) is 36.5. The van der Waals surface area contributed by atoms with Gasteiger partial charge >= 0.3 is 5.97 Å². The number of amides is 3. The summed E-state index contributed by atoms with van der Waals surface area (Å²) >= 11 is 1.44. The van der Waals surface area contributed by atoms with Crippen molar-refractivity contribution < 1.29 is 34.5 Å². The summed E-state index contributed by atoms with van der Waals surface area (Å²) in [6.07, 6.45) is 1.40. The molecule has 6 atom stereocenters. The molecule has 202 valence electrons. The number of benzene rings is 1.